The van der Waals surface area contributed by atoms with E-state index in [0.717, 1.165) is 12.8 Å². The minimum atomic E-state index is -1.71. The Hall–Kier alpha value is -1.43. The third-order valence-corrected chi connectivity index (χ3v) is 2.74. The lowest BCUT2D eigenvalue weighted by Gasteiger charge is -2.08. The van der Waals surface area contributed by atoms with Crippen LogP contribution >= 0.6 is 11.6 Å². The molecule has 1 aromatic rings. The maximum Gasteiger partial charge on any atom is 0.254 e. The molecule has 3 nitrogen and oxygen atoms in total. The molecule has 2 N–H and O–H groups in total. The van der Waals surface area contributed by atoms with Crippen LogP contribution < -0.4 is 5.32 Å². The largest absolute Gasteiger partial charge is 0.503 e. The van der Waals surface area contributed by atoms with Crippen molar-refractivity contribution in [2.24, 2.45) is 0 Å². The highest BCUT2D eigenvalue weighted by atomic mass is 35.5. The summed E-state index contributed by atoms with van der Waals surface area (Å²) in [4.78, 5) is 11.5. The van der Waals surface area contributed by atoms with Gasteiger partial charge in [0.2, 0.25) is 5.82 Å². The van der Waals surface area contributed by atoms with E-state index >= 15 is 0 Å². The maximum atomic E-state index is 13.4. The Bertz CT molecular complexity index is 469. The van der Waals surface area contributed by atoms with Gasteiger partial charge in [-0.15, -0.1) is 11.6 Å². The summed E-state index contributed by atoms with van der Waals surface area (Å²) in [5, 5.41) is 11.3. The number of unbranched alkanes of at least 4 members (excludes halogenated alkanes) is 2. The van der Waals surface area contributed by atoms with Crippen molar-refractivity contribution in [3.63, 3.8) is 0 Å². The molecule has 0 aliphatic rings. The second kappa shape index (κ2) is 7.23. The molecule has 0 aliphatic heterocycles. The first-order valence-electron chi connectivity index (χ1n) is 5.69. The zero-order valence-corrected chi connectivity index (χ0v) is 10.7. The monoisotopic (exact) mass is 295 g/mol. The normalized spacial score (nSPS) is 10.5. The molecule has 0 spiro atoms. The number of carbonyl (C=O) groups is 1. The van der Waals surface area contributed by atoms with Gasteiger partial charge in [0.05, 0.1) is 5.56 Å². The maximum absolute atomic E-state index is 13.4. The highest BCUT2D eigenvalue weighted by Gasteiger charge is 2.22. The number of hydrogen-bond donors (Lipinski definition) is 2. The molecule has 0 saturated heterocycles. The highest BCUT2D eigenvalue weighted by molar-refractivity contribution is 6.17. The first-order chi connectivity index (χ1) is 8.99. The molecule has 0 bridgehead atoms. The van der Waals surface area contributed by atoms with Gasteiger partial charge < -0.3 is 10.4 Å². The van der Waals surface area contributed by atoms with E-state index in [1.165, 1.54) is 0 Å². The number of alkyl halides is 1. The number of hydrogen-bond acceptors (Lipinski definition) is 2. The predicted molar refractivity (Wildman–Crippen MR) is 64.9 cm³/mol. The lowest BCUT2D eigenvalue weighted by Crippen LogP contribution is -2.25. The van der Waals surface area contributed by atoms with Gasteiger partial charge in [0.15, 0.2) is 17.4 Å². The summed E-state index contributed by atoms with van der Waals surface area (Å²) in [6.45, 7) is 0.259. The van der Waals surface area contributed by atoms with Crippen LogP contribution in [0.4, 0.5) is 13.2 Å². The van der Waals surface area contributed by atoms with Crippen molar-refractivity contribution in [3.8, 4) is 5.75 Å². The SMILES string of the molecule is O=C(NCCCCCCl)c1cc(F)c(F)c(O)c1F. The van der Waals surface area contributed by atoms with Crippen molar-refractivity contribution in [2.75, 3.05) is 12.4 Å². The molecule has 0 saturated carbocycles. The number of phenols is 1. The van der Waals surface area contributed by atoms with E-state index in [0.29, 0.717) is 18.4 Å². The van der Waals surface area contributed by atoms with E-state index in [2.05, 4.69) is 5.32 Å². The molecule has 1 aromatic carbocycles. The van der Waals surface area contributed by atoms with Crippen molar-refractivity contribution >= 4 is 17.5 Å². The fourth-order valence-electron chi connectivity index (χ4n) is 1.45. The second-order valence-corrected chi connectivity index (χ2v) is 4.27. The van der Waals surface area contributed by atoms with Crippen LogP contribution in [0.15, 0.2) is 6.07 Å². The Kier molecular flexibility index (Phi) is 5.95. The molecule has 0 heterocycles. The first-order valence-corrected chi connectivity index (χ1v) is 6.23. The number of rotatable bonds is 6. The smallest absolute Gasteiger partial charge is 0.254 e. The molecule has 1 rings (SSSR count). The van der Waals surface area contributed by atoms with Crippen LogP contribution in [0, 0.1) is 17.5 Å². The van der Waals surface area contributed by atoms with Crippen molar-refractivity contribution in [1.82, 2.24) is 5.32 Å². The van der Waals surface area contributed by atoms with Crippen molar-refractivity contribution in [2.45, 2.75) is 19.3 Å². The summed E-state index contributed by atoms with van der Waals surface area (Å²) >= 11 is 5.47. The summed E-state index contributed by atoms with van der Waals surface area (Å²) in [7, 11) is 0. The van der Waals surface area contributed by atoms with Gasteiger partial charge in [0.25, 0.3) is 5.91 Å². The van der Waals surface area contributed by atoms with Gasteiger partial charge in [0.1, 0.15) is 0 Å². The van der Waals surface area contributed by atoms with E-state index < -0.39 is 34.7 Å². The van der Waals surface area contributed by atoms with E-state index in [9.17, 15) is 18.0 Å². The first kappa shape index (κ1) is 15.6. The van der Waals surface area contributed by atoms with Crippen LogP contribution in [-0.2, 0) is 0 Å². The van der Waals surface area contributed by atoms with E-state index in [1.54, 1.807) is 0 Å². The fraction of sp³-hybridized carbons (Fsp3) is 0.417. The Morgan fingerprint density at radius 1 is 1.21 bits per heavy atom. The third kappa shape index (κ3) is 4.02. The molecule has 0 fully saturated rings. The van der Waals surface area contributed by atoms with Gasteiger partial charge in [-0.1, -0.05) is 6.42 Å². The minimum Gasteiger partial charge on any atom is -0.503 e. The summed E-state index contributed by atoms with van der Waals surface area (Å²) in [6, 6.07) is 0.415. The standard InChI is InChI=1S/C12H13ClF3NO2/c13-4-2-1-3-5-17-12(19)7-6-8(14)10(16)11(18)9(7)15/h6,18H,1-5H2,(H,17,19). The highest BCUT2D eigenvalue weighted by Crippen LogP contribution is 2.25. The zero-order valence-electron chi connectivity index (χ0n) is 9.98. The minimum absolute atomic E-state index is 0.259. The van der Waals surface area contributed by atoms with Gasteiger partial charge in [0, 0.05) is 12.4 Å². The van der Waals surface area contributed by atoms with E-state index in [1.807, 2.05) is 0 Å². The average molecular weight is 296 g/mol. The molecule has 19 heavy (non-hydrogen) atoms. The second-order valence-electron chi connectivity index (χ2n) is 3.89. The lowest BCUT2D eigenvalue weighted by molar-refractivity contribution is 0.0947. The number of amides is 1. The van der Waals surface area contributed by atoms with Crippen molar-refractivity contribution in [1.29, 1.82) is 0 Å². The fourth-order valence-corrected chi connectivity index (χ4v) is 1.64. The van der Waals surface area contributed by atoms with Crippen LogP contribution in [0.2, 0.25) is 0 Å². The number of benzene rings is 1. The Balaban J connectivity index is 2.67. The summed E-state index contributed by atoms with van der Waals surface area (Å²) < 4.78 is 39.2. The van der Waals surface area contributed by atoms with Crippen LogP contribution in [0.5, 0.6) is 5.75 Å². The van der Waals surface area contributed by atoms with E-state index in [4.69, 9.17) is 16.7 Å². The van der Waals surface area contributed by atoms with Crippen molar-refractivity contribution in [3.05, 3.63) is 29.1 Å². The van der Waals surface area contributed by atoms with Gasteiger partial charge >= 0.3 is 0 Å². The number of nitrogens with one attached hydrogen (secondary N) is 1. The zero-order chi connectivity index (χ0) is 14.4. The summed E-state index contributed by atoms with van der Waals surface area (Å²) in [5.74, 6) is -6.55. The topological polar surface area (TPSA) is 49.3 Å². The molecule has 1 amide bonds. The van der Waals surface area contributed by atoms with Crippen LogP contribution in [0.1, 0.15) is 29.6 Å². The molecule has 0 aliphatic carbocycles. The van der Waals surface area contributed by atoms with Crippen LogP contribution in [0.25, 0.3) is 0 Å². The summed E-state index contributed by atoms with van der Waals surface area (Å²) in [6.07, 6.45) is 2.21. The molecule has 0 unspecified atom stereocenters. The van der Waals surface area contributed by atoms with Crippen LogP contribution in [0.3, 0.4) is 0 Å². The molecule has 0 atom stereocenters. The third-order valence-electron chi connectivity index (χ3n) is 2.47. The van der Waals surface area contributed by atoms with E-state index in [-0.39, 0.29) is 6.54 Å². The quantitative estimate of drug-likeness (QED) is 0.481. The van der Waals surface area contributed by atoms with Crippen molar-refractivity contribution < 1.29 is 23.1 Å². The van der Waals surface area contributed by atoms with Gasteiger partial charge in [-0.2, -0.15) is 4.39 Å². The lowest BCUT2D eigenvalue weighted by atomic mass is 10.1. The Morgan fingerprint density at radius 2 is 1.89 bits per heavy atom. The average Bonchev–Trinajstić information content (AvgIpc) is 2.40. The molecular formula is C12H13ClF3NO2. The molecule has 0 radical (unpaired) electrons. The number of halogens is 4. The Morgan fingerprint density at radius 3 is 2.53 bits per heavy atom. The molecule has 106 valence electrons. The Labute approximate surface area is 113 Å². The van der Waals surface area contributed by atoms with Crippen LogP contribution in [-0.4, -0.2) is 23.4 Å². The molecule has 0 aromatic heterocycles. The predicted octanol–water partition coefficient (Wildman–Crippen LogP) is 2.95. The van der Waals surface area contributed by atoms with Gasteiger partial charge in [-0.3, -0.25) is 4.79 Å². The molecule has 7 heteroatoms. The number of phenolic OH excluding ortho intramolecular Hbond substituents is 1. The number of aromatic hydroxyl groups is 1. The molecular weight excluding hydrogens is 283 g/mol. The van der Waals surface area contributed by atoms with Gasteiger partial charge in [-0.25, -0.2) is 8.78 Å². The van der Waals surface area contributed by atoms with Gasteiger partial charge in [-0.05, 0) is 18.9 Å². The number of carbonyl (C=O) groups excluding carboxylic acids is 1. The summed E-state index contributed by atoms with van der Waals surface area (Å²) in [5.41, 5.74) is -0.728.